The second-order valence-electron chi connectivity index (χ2n) is 4.93. The highest BCUT2D eigenvalue weighted by atomic mass is 127. The summed E-state index contributed by atoms with van der Waals surface area (Å²) in [7, 11) is 0. The fraction of sp³-hybridized carbons (Fsp3) is 0.133. The van der Waals surface area contributed by atoms with Crippen molar-refractivity contribution in [2.45, 2.75) is 5.54 Å². The van der Waals surface area contributed by atoms with Gasteiger partial charge in [-0.25, -0.2) is 4.99 Å². The molecule has 4 nitrogen and oxygen atoms in total. The van der Waals surface area contributed by atoms with Crippen molar-refractivity contribution in [3.8, 4) is 11.5 Å². The number of benzene rings is 2. The van der Waals surface area contributed by atoms with Crippen LogP contribution in [0.5, 0.6) is 11.5 Å². The van der Waals surface area contributed by atoms with Crippen LogP contribution < -0.4 is 10.5 Å². The molecular weight excluding hydrogens is 447 g/mol. The maximum Gasteiger partial charge on any atom is 0.283 e. The molecule has 2 aromatic rings. The Bertz CT molecular complexity index is 793. The molecule has 2 heterocycles. The summed E-state index contributed by atoms with van der Waals surface area (Å²) in [4.78, 5) is 4.63. The van der Waals surface area contributed by atoms with E-state index in [1.807, 2.05) is 36.4 Å². The van der Waals surface area contributed by atoms with Crippen molar-refractivity contribution in [2.24, 2.45) is 10.7 Å². The Morgan fingerprint density at radius 1 is 1.19 bits per heavy atom. The number of fused-ring (bicyclic) bond motifs is 4. The van der Waals surface area contributed by atoms with E-state index < -0.39 is 5.54 Å². The predicted octanol–water partition coefficient (Wildman–Crippen LogP) is 3.75. The lowest BCUT2D eigenvalue weighted by Gasteiger charge is -2.34. The molecule has 0 fully saturated rings. The molecule has 0 unspecified atom stereocenters. The number of hydrogen-bond donors (Lipinski definition) is 1. The summed E-state index contributed by atoms with van der Waals surface area (Å²) in [5, 5.41) is 0. The molecule has 1 spiro atoms. The summed E-state index contributed by atoms with van der Waals surface area (Å²) in [5.41, 5.74) is 7.16. The maximum absolute atomic E-state index is 6.04. The van der Waals surface area contributed by atoms with Crippen molar-refractivity contribution in [2.75, 3.05) is 6.61 Å². The molecule has 0 amide bonds. The van der Waals surface area contributed by atoms with E-state index in [4.69, 9.17) is 15.2 Å². The number of aliphatic imine (C=N–C) groups is 1. The van der Waals surface area contributed by atoms with Crippen LogP contribution in [0, 0.1) is 3.57 Å². The summed E-state index contributed by atoms with van der Waals surface area (Å²) >= 11 is 5.88. The normalized spacial score (nSPS) is 22.1. The van der Waals surface area contributed by atoms with Gasteiger partial charge in [0, 0.05) is 19.2 Å². The zero-order chi connectivity index (χ0) is 14.6. The van der Waals surface area contributed by atoms with E-state index in [0.717, 1.165) is 30.7 Å². The first kappa shape index (κ1) is 13.4. The average Bonchev–Trinajstić information content (AvgIpc) is 2.86. The second kappa shape index (κ2) is 4.61. The number of hydrogen-bond acceptors (Lipinski definition) is 4. The molecule has 0 aromatic heterocycles. The van der Waals surface area contributed by atoms with Crippen LogP contribution in [0.15, 0.2) is 45.9 Å². The van der Waals surface area contributed by atoms with Gasteiger partial charge in [-0.1, -0.05) is 18.2 Å². The Hall–Kier alpha value is -1.28. The quantitative estimate of drug-likeness (QED) is 0.614. The lowest BCUT2D eigenvalue weighted by Crippen LogP contribution is -2.32. The van der Waals surface area contributed by atoms with Gasteiger partial charge in [0.25, 0.3) is 6.02 Å². The fourth-order valence-electron chi connectivity index (χ4n) is 2.85. The molecule has 1 atom stereocenters. The summed E-state index contributed by atoms with van der Waals surface area (Å²) in [6.07, 6.45) is 0. The Morgan fingerprint density at radius 3 is 2.76 bits per heavy atom. The van der Waals surface area contributed by atoms with Crippen molar-refractivity contribution < 1.29 is 9.47 Å². The summed E-state index contributed by atoms with van der Waals surface area (Å²) < 4.78 is 13.6. The highest BCUT2D eigenvalue weighted by molar-refractivity contribution is 14.1. The number of nitrogens with zero attached hydrogens (tertiary/aromatic N) is 1. The average molecular weight is 457 g/mol. The monoisotopic (exact) mass is 456 g/mol. The smallest absolute Gasteiger partial charge is 0.283 e. The number of para-hydroxylation sites is 1. The molecule has 4 rings (SSSR count). The molecular formula is C15H10BrIN2O2. The first-order valence-electron chi connectivity index (χ1n) is 6.36. The maximum atomic E-state index is 6.04. The van der Waals surface area contributed by atoms with Crippen molar-refractivity contribution in [1.82, 2.24) is 0 Å². The van der Waals surface area contributed by atoms with Crippen molar-refractivity contribution >= 4 is 44.5 Å². The number of rotatable bonds is 0. The topological polar surface area (TPSA) is 56.8 Å². The summed E-state index contributed by atoms with van der Waals surface area (Å²) in [6.45, 7) is 0.388. The largest absolute Gasteiger partial charge is 0.462 e. The third-order valence-electron chi connectivity index (χ3n) is 3.75. The number of amidine groups is 1. The van der Waals surface area contributed by atoms with Gasteiger partial charge in [-0.05, 0) is 56.7 Å². The predicted molar refractivity (Wildman–Crippen MR) is 91.7 cm³/mol. The van der Waals surface area contributed by atoms with Crippen LogP contribution in [0.3, 0.4) is 0 Å². The van der Waals surface area contributed by atoms with Gasteiger partial charge in [0.2, 0.25) is 0 Å². The zero-order valence-electron chi connectivity index (χ0n) is 10.8. The molecule has 0 saturated carbocycles. The molecule has 6 heteroatoms. The molecule has 2 aliphatic heterocycles. The highest BCUT2D eigenvalue weighted by Crippen LogP contribution is 2.53. The fourth-order valence-corrected chi connectivity index (χ4v) is 4.07. The number of halogens is 2. The van der Waals surface area contributed by atoms with Crippen LogP contribution in [0.4, 0.5) is 0 Å². The van der Waals surface area contributed by atoms with Crippen LogP contribution in [-0.2, 0) is 10.3 Å². The Kier molecular flexibility index (Phi) is 2.94. The molecule has 21 heavy (non-hydrogen) atoms. The van der Waals surface area contributed by atoms with Gasteiger partial charge in [-0.3, -0.25) is 0 Å². The van der Waals surface area contributed by atoms with Crippen LogP contribution in [-0.4, -0.2) is 12.6 Å². The number of nitrogens with two attached hydrogens (primary N) is 1. The van der Waals surface area contributed by atoms with Gasteiger partial charge in [-0.2, -0.15) is 0 Å². The van der Waals surface area contributed by atoms with Crippen molar-refractivity contribution in [3.05, 3.63) is 55.6 Å². The van der Waals surface area contributed by atoms with E-state index in [0.29, 0.717) is 6.61 Å². The first-order chi connectivity index (χ1) is 10.1. The highest BCUT2D eigenvalue weighted by Gasteiger charge is 2.48. The summed E-state index contributed by atoms with van der Waals surface area (Å²) in [5.74, 6) is 1.59. The minimum absolute atomic E-state index is 0.216. The molecule has 0 bridgehead atoms. The summed E-state index contributed by atoms with van der Waals surface area (Å²) in [6, 6.07) is 12.0. The van der Waals surface area contributed by atoms with E-state index >= 15 is 0 Å². The van der Waals surface area contributed by atoms with Gasteiger partial charge in [-0.15, -0.1) is 0 Å². The van der Waals surface area contributed by atoms with E-state index in [2.05, 4.69) is 43.5 Å². The van der Waals surface area contributed by atoms with Gasteiger partial charge in [0.05, 0.1) is 0 Å². The van der Waals surface area contributed by atoms with Crippen LogP contribution in [0.25, 0.3) is 0 Å². The SMILES string of the molecule is NC1=N[C@@]2(CO1)c1ccccc1Oc1ccc(Br)c(I)c12. The Labute approximate surface area is 143 Å². The molecule has 2 aliphatic rings. The first-order valence-corrected chi connectivity index (χ1v) is 8.23. The van der Waals surface area contributed by atoms with Crippen molar-refractivity contribution in [3.63, 3.8) is 0 Å². The third-order valence-corrected chi connectivity index (χ3v) is 6.28. The lowest BCUT2D eigenvalue weighted by atomic mass is 9.81. The molecule has 0 aliphatic carbocycles. The van der Waals surface area contributed by atoms with Gasteiger partial charge < -0.3 is 15.2 Å². The van der Waals surface area contributed by atoms with Gasteiger partial charge in [0.1, 0.15) is 18.1 Å². The van der Waals surface area contributed by atoms with E-state index in [1.165, 1.54) is 0 Å². The van der Waals surface area contributed by atoms with E-state index in [1.54, 1.807) is 0 Å². The second-order valence-corrected chi connectivity index (χ2v) is 6.86. The zero-order valence-corrected chi connectivity index (χ0v) is 14.5. The molecule has 106 valence electrons. The van der Waals surface area contributed by atoms with Crippen molar-refractivity contribution in [1.29, 1.82) is 0 Å². The van der Waals surface area contributed by atoms with Gasteiger partial charge in [0.15, 0.2) is 5.54 Å². The van der Waals surface area contributed by atoms with E-state index in [9.17, 15) is 0 Å². The minimum atomic E-state index is -0.630. The minimum Gasteiger partial charge on any atom is -0.462 e. The van der Waals surface area contributed by atoms with Gasteiger partial charge >= 0.3 is 0 Å². The van der Waals surface area contributed by atoms with E-state index in [-0.39, 0.29) is 6.02 Å². The molecule has 2 aromatic carbocycles. The van der Waals surface area contributed by atoms with Crippen LogP contribution in [0.1, 0.15) is 11.1 Å². The molecule has 0 radical (unpaired) electrons. The molecule has 0 saturated heterocycles. The Balaban J connectivity index is 2.09. The van der Waals surface area contributed by atoms with Crippen LogP contribution >= 0.6 is 38.5 Å². The number of ether oxygens (including phenoxy) is 2. The third kappa shape index (κ3) is 1.81. The standard InChI is InChI=1S/C15H10BrIN2O2/c16-9-5-6-11-12(13(9)17)15(7-20-14(18)19-15)8-3-1-2-4-10(8)21-11/h1-6H,7H2,(H2,18,19)/t15-/m0/s1. The van der Waals surface area contributed by atoms with Crippen LogP contribution in [0.2, 0.25) is 0 Å². The molecule has 2 N–H and O–H groups in total. The lowest BCUT2D eigenvalue weighted by molar-refractivity contribution is 0.263. The Morgan fingerprint density at radius 2 is 2.00 bits per heavy atom.